The van der Waals surface area contributed by atoms with Gasteiger partial charge in [-0.1, -0.05) is 6.07 Å². The minimum Gasteiger partial charge on any atom is -0.480 e. The summed E-state index contributed by atoms with van der Waals surface area (Å²) in [7, 11) is 0. The molecule has 1 fully saturated rings. The third-order valence-electron chi connectivity index (χ3n) is 3.38. The van der Waals surface area contributed by atoms with Gasteiger partial charge in [0.15, 0.2) is 11.5 Å². The van der Waals surface area contributed by atoms with Gasteiger partial charge >= 0.3 is 5.97 Å². The molecule has 19 heavy (non-hydrogen) atoms. The molecule has 3 rings (SSSR count). The minimum atomic E-state index is -0.819. The Balaban J connectivity index is 1.86. The molecule has 0 spiro atoms. The van der Waals surface area contributed by atoms with Crippen LogP contribution in [0.1, 0.15) is 24.8 Å². The second kappa shape index (κ2) is 4.31. The second-order valence-electron chi connectivity index (χ2n) is 5.15. The lowest BCUT2D eigenvalue weighted by Crippen LogP contribution is -2.43. The first-order valence-electron chi connectivity index (χ1n) is 6.03. The molecular formula is C13H15NO4S. The molecule has 102 valence electrons. The number of rotatable bonds is 2. The Labute approximate surface area is 115 Å². The molecule has 0 aliphatic carbocycles. The SMILES string of the molecule is CC1(C)S[C@H](c2ccc3c(c2)OCO3)N[C@@H]1C(=O)O. The van der Waals surface area contributed by atoms with Crippen molar-refractivity contribution in [3.63, 3.8) is 0 Å². The van der Waals surface area contributed by atoms with Crippen molar-refractivity contribution < 1.29 is 19.4 Å². The fourth-order valence-electron chi connectivity index (χ4n) is 2.37. The highest BCUT2D eigenvalue weighted by Gasteiger charge is 2.45. The Hall–Kier alpha value is -1.40. The number of hydrogen-bond acceptors (Lipinski definition) is 5. The van der Waals surface area contributed by atoms with E-state index in [1.807, 2.05) is 32.0 Å². The molecule has 2 N–H and O–H groups in total. The average Bonchev–Trinajstić information content (AvgIpc) is 2.91. The summed E-state index contributed by atoms with van der Waals surface area (Å²) in [5.74, 6) is 0.637. The molecule has 2 heterocycles. The molecule has 0 aromatic heterocycles. The monoisotopic (exact) mass is 281 g/mol. The number of carboxylic acid groups (broad SMARTS) is 1. The van der Waals surface area contributed by atoms with E-state index in [2.05, 4.69) is 5.32 Å². The van der Waals surface area contributed by atoms with Crippen molar-refractivity contribution in [3.8, 4) is 11.5 Å². The Morgan fingerprint density at radius 3 is 2.84 bits per heavy atom. The maximum absolute atomic E-state index is 11.3. The van der Waals surface area contributed by atoms with Crippen molar-refractivity contribution in [2.75, 3.05) is 6.79 Å². The standard InChI is InChI=1S/C13H15NO4S/c1-13(2)10(12(15)16)14-11(19-13)7-3-4-8-9(5-7)18-6-17-8/h3-5,10-11,14H,6H2,1-2H3,(H,15,16)/t10-,11-/m1/s1. The summed E-state index contributed by atoms with van der Waals surface area (Å²) in [6.45, 7) is 4.13. The first-order valence-corrected chi connectivity index (χ1v) is 6.91. The van der Waals surface area contributed by atoms with Crippen LogP contribution in [0.3, 0.4) is 0 Å². The molecule has 0 radical (unpaired) electrons. The number of carbonyl (C=O) groups is 1. The Morgan fingerprint density at radius 2 is 2.16 bits per heavy atom. The van der Waals surface area contributed by atoms with Gasteiger partial charge in [-0.2, -0.15) is 0 Å². The van der Waals surface area contributed by atoms with Crippen molar-refractivity contribution in [3.05, 3.63) is 23.8 Å². The third kappa shape index (κ3) is 2.15. The van der Waals surface area contributed by atoms with Crippen LogP contribution in [0.5, 0.6) is 11.5 Å². The fourth-order valence-corrected chi connectivity index (χ4v) is 3.77. The topological polar surface area (TPSA) is 67.8 Å². The van der Waals surface area contributed by atoms with Crippen LogP contribution in [0, 0.1) is 0 Å². The van der Waals surface area contributed by atoms with Gasteiger partial charge in [-0.3, -0.25) is 10.1 Å². The maximum atomic E-state index is 11.3. The normalized spacial score (nSPS) is 27.5. The van der Waals surface area contributed by atoms with Gasteiger partial charge in [0.1, 0.15) is 6.04 Å². The zero-order valence-electron chi connectivity index (χ0n) is 10.7. The quantitative estimate of drug-likeness (QED) is 0.864. The zero-order chi connectivity index (χ0) is 13.6. The van der Waals surface area contributed by atoms with Crippen LogP contribution in [0.2, 0.25) is 0 Å². The summed E-state index contributed by atoms with van der Waals surface area (Å²) in [6, 6.07) is 5.15. The third-order valence-corrected chi connectivity index (χ3v) is 4.87. The van der Waals surface area contributed by atoms with Gasteiger partial charge in [-0.15, -0.1) is 11.8 Å². The van der Waals surface area contributed by atoms with Crippen molar-refractivity contribution >= 4 is 17.7 Å². The van der Waals surface area contributed by atoms with Crippen molar-refractivity contribution in [2.24, 2.45) is 0 Å². The first-order chi connectivity index (χ1) is 8.97. The largest absolute Gasteiger partial charge is 0.480 e. The molecule has 2 atom stereocenters. The lowest BCUT2D eigenvalue weighted by atomic mass is 10.0. The summed E-state index contributed by atoms with van der Waals surface area (Å²) in [4.78, 5) is 11.3. The van der Waals surface area contributed by atoms with Gasteiger partial charge in [0, 0.05) is 4.75 Å². The van der Waals surface area contributed by atoms with Crippen LogP contribution >= 0.6 is 11.8 Å². The molecule has 2 aliphatic rings. The first kappa shape index (κ1) is 12.6. The van der Waals surface area contributed by atoms with Gasteiger partial charge in [-0.05, 0) is 31.5 Å². The van der Waals surface area contributed by atoms with E-state index in [1.54, 1.807) is 11.8 Å². The molecule has 6 heteroatoms. The molecule has 0 saturated carbocycles. The van der Waals surface area contributed by atoms with E-state index in [4.69, 9.17) is 9.47 Å². The van der Waals surface area contributed by atoms with Crippen LogP contribution in [0.4, 0.5) is 0 Å². The molecule has 1 aromatic carbocycles. The number of ether oxygens (including phenoxy) is 2. The Morgan fingerprint density at radius 1 is 1.42 bits per heavy atom. The summed E-state index contributed by atoms with van der Waals surface area (Å²) in [5, 5.41) is 12.4. The molecular weight excluding hydrogens is 266 g/mol. The van der Waals surface area contributed by atoms with Crippen molar-refractivity contribution in [1.82, 2.24) is 5.32 Å². The van der Waals surface area contributed by atoms with E-state index in [1.165, 1.54) is 0 Å². The minimum absolute atomic E-state index is 0.0504. The lowest BCUT2D eigenvalue weighted by Gasteiger charge is -2.20. The van der Waals surface area contributed by atoms with E-state index in [9.17, 15) is 9.90 Å². The summed E-state index contributed by atoms with van der Waals surface area (Å²) < 4.78 is 10.3. The van der Waals surface area contributed by atoms with E-state index in [-0.39, 0.29) is 16.9 Å². The number of fused-ring (bicyclic) bond motifs is 1. The average molecular weight is 281 g/mol. The number of thioether (sulfide) groups is 1. The van der Waals surface area contributed by atoms with Gasteiger partial charge < -0.3 is 14.6 Å². The van der Waals surface area contributed by atoms with Crippen LogP contribution in [-0.4, -0.2) is 28.7 Å². The van der Waals surface area contributed by atoms with Crippen LogP contribution < -0.4 is 14.8 Å². The smallest absolute Gasteiger partial charge is 0.322 e. The molecule has 1 saturated heterocycles. The van der Waals surface area contributed by atoms with E-state index < -0.39 is 12.0 Å². The van der Waals surface area contributed by atoms with Crippen molar-refractivity contribution in [1.29, 1.82) is 0 Å². The highest BCUT2D eigenvalue weighted by molar-refractivity contribution is 8.01. The van der Waals surface area contributed by atoms with Gasteiger partial charge in [-0.25, -0.2) is 0 Å². The number of aliphatic carboxylic acids is 1. The lowest BCUT2D eigenvalue weighted by molar-refractivity contribution is -0.139. The fraction of sp³-hybridized carbons (Fsp3) is 0.462. The van der Waals surface area contributed by atoms with Crippen LogP contribution in [0.15, 0.2) is 18.2 Å². The van der Waals surface area contributed by atoms with E-state index >= 15 is 0 Å². The molecule has 0 unspecified atom stereocenters. The maximum Gasteiger partial charge on any atom is 0.322 e. The van der Waals surface area contributed by atoms with Crippen LogP contribution in [0.25, 0.3) is 0 Å². The number of hydrogen-bond donors (Lipinski definition) is 2. The summed E-state index contributed by atoms with van der Waals surface area (Å²) in [5.41, 5.74) is 1.01. The zero-order valence-corrected chi connectivity index (χ0v) is 11.5. The predicted molar refractivity (Wildman–Crippen MR) is 71.5 cm³/mol. The summed E-state index contributed by atoms with van der Waals surface area (Å²) in [6.07, 6.45) is 0. The van der Waals surface area contributed by atoms with Gasteiger partial charge in [0.25, 0.3) is 0 Å². The molecule has 0 bridgehead atoms. The van der Waals surface area contributed by atoms with E-state index in [0.29, 0.717) is 0 Å². The van der Waals surface area contributed by atoms with Gasteiger partial charge in [0.2, 0.25) is 6.79 Å². The van der Waals surface area contributed by atoms with Crippen molar-refractivity contribution in [2.45, 2.75) is 30.0 Å². The second-order valence-corrected chi connectivity index (χ2v) is 6.91. The highest BCUT2D eigenvalue weighted by atomic mass is 32.2. The molecule has 2 aliphatic heterocycles. The summed E-state index contributed by atoms with van der Waals surface area (Å²) >= 11 is 1.61. The van der Waals surface area contributed by atoms with Gasteiger partial charge in [0.05, 0.1) is 5.37 Å². The Bertz CT molecular complexity index is 531. The van der Waals surface area contributed by atoms with Crippen LogP contribution in [-0.2, 0) is 4.79 Å². The number of carboxylic acids is 1. The highest BCUT2D eigenvalue weighted by Crippen LogP contribution is 2.47. The Kier molecular flexibility index (Phi) is 2.87. The predicted octanol–water partition coefficient (Wildman–Crippen LogP) is 1.98. The number of benzene rings is 1. The molecule has 5 nitrogen and oxygen atoms in total. The van der Waals surface area contributed by atoms with E-state index in [0.717, 1.165) is 17.1 Å². The molecule has 1 aromatic rings. The molecule has 0 amide bonds. The number of nitrogens with one attached hydrogen (secondary N) is 1.